The smallest absolute Gasteiger partial charge is 0.0496 e. The molecular formula is C13H16BrNO. The molecule has 0 amide bonds. The first kappa shape index (κ1) is 11.7. The molecule has 1 N–H and O–H groups in total. The summed E-state index contributed by atoms with van der Waals surface area (Å²) in [6.07, 6.45) is 2.87. The van der Waals surface area contributed by atoms with Crippen LogP contribution in [0, 0.1) is 0 Å². The van der Waals surface area contributed by atoms with Crippen molar-refractivity contribution in [1.82, 2.24) is 4.57 Å². The van der Waals surface area contributed by atoms with E-state index in [2.05, 4.69) is 52.7 Å². The van der Waals surface area contributed by atoms with E-state index in [1.807, 2.05) is 6.07 Å². The molecule has 1 heterocycles. The molecule has 0 unspecified atom stereocenters. The van der Waals surface area contributed by atoms with Crippen LogP contribution in [0.25, 0.3) is 10.9 Å². The summed E-state index contributed by atoms with van der Waals surface area (Å²) in [4.78, 5) is 0. The van der Waals surface area contributed by atoms with Crippen molar-refractivity contribution in [3.63, 3.8) is 0 Å². The van der Waals surface area contributed by atoms with Gasteiger partial charge in [-0.2, -0.15) is 0 Å². The fraction of sp³-hybridized carbons (Fsp3) is 0.385. The zero-order valence-electron chi connectivity index (χ0n) is 9.57. The zero-order chi connectivity index (χ0) is 11.7. The Kier molecular flexibility index (Phi) is 3.36. The van der Waals surface area contributed by atoms with Gasteiger partial charge in [0, 0.05) is 34.2 Å². The molecule has 86 valence electrons. The van der Waals surface area contributed by atoms with Crippen LogP contribution >= 0.6 is 15.9 Å². The molecule has 0 aliphatic carbocycles. The highest BCUT2D eigenvalue weighted by Gasteiger charge is 2.10. The van der Waals surface area contributed by atoms with Gasteiger partial charge in [0.05, 0.1) is 0 Å². The highest BCUT2D eigenvalue weighted by atomic mass is 79.9. The second kappa shape index (κ2) is 4.60. The first-order valence-corrected chi connectivity index (χ1v) is 6.32. The zero-order valence-corrected chi connectivity index (χ0v) is 11.2. The van der Waals surface area contributed by atoms with Crippen molar-refractivity contribution < 1.29 is 5.11 Å². The molecule has 0 atom stereocenters. The Balaban J connectivity index is 2.66. The number of fused-ring (bicyclic) bond motifs is 1. The van der Waals surface area contributed by atoms with E-state index >= 15 is 0 Å². The topological polar surface area (TPSA) is 25.2 Å². The maximum absolute atomic E-state index is 9.06. The maximum atomic E-state index is 9.06. The molecule has 2 rings (SSSR count). The number of rotatable bonds is 3. The highest BCUT2D eigenvalue weighted by Crippen LogP contribution is 2.27. The Morgan fingerprint density at radius 1 is 1.38 bits per heavy atom. The summed E-state index contributed by atoms with van der Waals surface area (Å²) >= 11 is 3.50. The average Bonchev–Trinajstić information content (AvgIpc) is 2.57. The van der Waals surface area contributed by atoms with E-state index in [1.54, 1.807) is 0 Å². The lowest BCUT2D eigenvalue weighted by atomic mass is 10.1. The third-order valence-electron chi connectivity index (χ3n) is 2.82. The van der Waals surface area contributed by atoms with Crippen molar-refractivity contribution in [1.29, 1.82) is 0 Å². The van der Waals surface area contributed by atoms with Gasteiger partial charge in [-0.15, -0.1) is 0 Å². The fourth-order valence-corrected chi connectivity index (χ4v) is 2.39. The van der Waals surface area contributed by atoms with Gasteiger partial charge < -0.3 is 9.67 Å². The van der Waals surface area contributed by atoms with Crippen LogP contribution in [0.1, 0.15) is 25.5 Å². The molecule has 16 heavy (non-hydrogen) atoms. The quantitative estimate of drug-likeness (QED) is 0.915. The van der Waals surface area contributed by atoms with Gasteiger partial charge in [0.15, 0.2) is 0 Å². The summed E-state index contributed by atoms with van der Waals surface area (Å²) < 4.78 is 3.35. The van der Waals surface area contributed by atoms with E-state index in [-0.39, 0.29) is 6.61 Å². The molecule has 0 saturated heterocycles. The summed E-state index contributed by atoms with van der Waals surface area (Å²) in [5, 5.41) is 10.3. The summed E-state index contributed by atoms with van der Waals surface area (Å²) in [6.45, 7) is 4.54. The predicted molar refractivity (Wildman–Crippen MR) is 70.8 cm³/mol. The molecule has 0 saturated carbocycles. The van der Waals surface area contributed by atoms with Gasteiger partial charge in [-0.05, 0) is 38.0 Å². The molecule has 1 aromatic carbocycles. The lowest BCUT2D eigenvalue weighted by Crippen LogP contribution is -1.98. The SMILES string of the molecule is CC(C)n1cc(CCO)c2ccc(Br)cc21. The summed E-state index contributed by atoms with van der Waals surface area (Å²) in [6, 6.07) is 6.73. The second-order valence-electron chi connectivity index (χ2n) is 4.29. The molecule has 0 bridgehead atoms. The molecular weight excluding hydrogens is 266 g/mol. The highest BCUT2D eigenvalue weighted by molar-refractivity contribution is 9.10. The van der Waals surface area contributed by atoms with E-state index in [9.17, 15) is 0 Å². The number of aliphatic hydroxyl groups excluding tert-OH is 1. The van der Waals surface area contributed by atoms with Crippen LogP contribution in [0.4, 0.5) is 0 Å². The second-order valence-corrected chi connectivity index (χ2v) is 5.21. The van der Waals surface area contributed by atoms with Crippen molar-refractivity contribution in [2.45, 2.75) is 26.3 Å². The Morgan fingerprint density at radius 3 is 2.75 bits per heavy atom. The van der Waals surface area contributed by atoms with Crippen molar-refractivity contribution in [2.24, 2.45) is 0 Å². The predicted octanol–water partition coefficient (Wildman–Crippen LogP) is 3.52. The molecule has 0 spiro atoms. The van der Waals surface area contributed by atoms with Crippen molar-refractivity contribution in [2.75, 3.05) is 6.61 Å². The molecule has 2 nitrogen and oxygen atoms in total. The number of hydrogen-bond acceptors (Lipinski definition) is 1. The first-order valence-electron chi connectivity index (χ1n) is 5.53. The summed E-state index contributed by atoms with van der Waals surface area (Å²) in [5.74, 6) is 0. The molecule has 0 aliphatic heterocycles. The summed E-state index contributed by atoms with van der Waals surface area (Å²) in [5.41, 5.74) is 2.45. The Hall–Kier alpha value is -0.800. The van der Waals surface area contributed by atoms with Crippen LogP contribution in [0.15, 0.2) is 28.9 Å². The Labute approximate surface area is 104 Å². The van der Waals surface area contributed by atoms with Crippen LogP contribution in [-0.4, -0.2) is 16.3 Å². The molecule has 1 aromatic heterocycles. The Morgan fingerprint density at radius 2 is 2.12 bits per heavy atom. The fourth-order valence-electron chi connectivity index (χ4n) is 2.04. The number of benzene rings is 1. The molecule has 0 aliphatic rings. The minimum Gasteiger partial charge on any atom is -0.396 e. The molecule has 0 fully saturated rings. The minimum atomic E-state index is 0.202. The van der Waals surface area contributed by atoms with Gasteiger partial charge in [0.2, 0.25) is 0 Å². The third kappa shape index (κ3) is 2.02. The van der Waals surface area contributed by atoms with Crippen molar-refractivity contribution in [3.8, 4) is 0 Å². The maximum Gasteiger partial charge on any atom is 0.0496 e. The van der Waals surface area contributed by atoms with Crippen LogP contribution < -0.4 is 0 Å². The lowest BCUT2D eigenvalue weighted by molar-refractivity contribution is 0.300. The van der Waals surface area contributed by atoms with Crippen LogP contribution in [-0.2, 0) is 6.42 Å². The number of nitrogens with zero attached hydrogens (tertiary/aromatic N) is 1. The van der Waals surface area contributed by atoms with Gasteiger partial charge in [-0.1, -0.05) is 22.0 Å². The van der Waals surface area contributed by atoms with E-state index in [0.717, 1.165) is 10.9 Å². The third-order valence-corrected chi connectivity index (χ3v) is 3.31. The van der Waals surface area contributed by atoms with Crippen LogP contribution in [0.5, 0.6) is 0 Å². The first-order chi connectivity index (χ1) is 7.63. The van der Waals surface area contributed by atoms with E-state index in [4.69, 9.17) is 5.11 Å². The number of halogens is 1. The normalized spacial score (nSPS) is 11.6. The van der Waals surface area contributed by atoms with Gasteiger partial charge in [0.1, 0.15) is 0 Å². The van der Waals surface area contributed by atoms with Crippen LogP contribution in [0.3, 0.4) is 0 Å². The molecule has 3 heteroatoms. The van der Waals surface area contributed by atoms with E-state index in [0.29, 0.717) is 6.04 Å². The van der Waals surface area contributed by atoms with Gasteiger partial charge >= 0.3 is 0 Å². The number of aliphatic hydroxyl groups is 1. The van der Waals surface area contributed by atoms with E-state index < -0.39 is 0 Å². The van der Waals surface area contributed by atoms with Crippen molar-refractivity contribution >= 4 is 26.8 Å². The monoisotopic (exact) mass is 281 g/mol. The van der Waals surface area contributed by atoms with Crippen molar-refractivity contribution in [3.05, 3.63) is 34.4 Å². The Bertz CT molecular complexity index is 502. The molecule has 2 aromatic rings. The van der Waals surface area contributed by atoms with Gasteiger partial charge in [-0.25, -0.2) is 0 Å². The van der Waals surface area contributed by atoms with Gasteiger partial charge in [0.25, 0.3) is 0 Å². The standard InChI is InChI=1S/C13H16BrNO/c1-9(2)15-8-10(5-6-16)12-4-3-11(14)7-13(12)15/h3-4,7-9,16H,5-6H2,1-2H3. The van der Waals surface area contributed by atoms with E-state index in [1.165, 1.54) is 16.5 Å². The minimum absolute atomic E-state index is 0.202. The number of hydrogen-bond donors (Lipinski definition) is 1. The number of aromatic nitrogens is 1. The summed E-state index contributed by atoms with van der Waals surface area (Å²) in [7, 11) is 0. The van der Waals surface area contributed by atoms with Crippen LogP contribution in [0.2, 0.25) is 0 Å². The largest absolute Gasteiger partial charge is 0.396 e. The van der Waals surface area contributed by atoms with Gasteiger partial charge in [-0.3, -0.25) is 0 Å². The lowest BCUT2D eigenvalue weighted by Gasteiger charge is -2.08. The molecule has 0 radical (unpaired) electrons. The average molecular weight is 282 g/mol.